The van der Waals surface area contributed by atoms with Gasteiger partial charge in [-0.25, -0.2) is 9.97 Å². The van der Waals surface area contributed by atoms with Crippen molar-refractivity contribution >= 4 is 34.0 Å². The highest BCUT2D eigenvalue weighted by atomic mass is 32.1. The third-order valence-corrected chi connectivity index (χ3v) is 4.24. The van der Waals surface area contributed by atoms with Crippen LogP contribution < -0.4 is 0 Å². The van der Waals surface area contributed by atoms with Gasteiger partial charge in [0.15, 0.2) is 5.76 Å². The highest BCUT2D eigenvalue weighted by Crippen LogP contribution is 2.33. The summed E-state index contributed by atoms with van der Waals surface area (Å²) in [6.07, 6.45) is 3.45. The van der Waals surface area contributed by atoms with Gasteiger partial charge < -0.3 is 4.42 Å². The molecule has 0 spiro atoms. The molecule has 1 aromatic carbocycles. The second-order valence-corrected chi connectivity index (χ2v) is 5.75. The average molecular weight is 331 g/mol. The van der Waals surface area contributed by atoms with Crippen molar-refractivity contribution in [3.63, 3.8) is 0 Å². The van der Waals surface area contributed by atoms with E-state index in [4.69, 9.17) is 4.42 Å². The Bertz CT molecular complexity index is 1130. The van der Waals surface area contributed by atoms with Crippen LogP contribution in [0.3, 0.4) is 0 Å². The van der Waals surface area contributed by atoms with Crippen LogP contribution >= 0.6 is 11.7 Å². The first-order valence-electron chi connectivity index (χ1n) is 7.28. The van der Waals surface area contributed by atoms with Crippen molar-refractivity contribution in [1.82, 2.24) is 23.7 Å². The second-order valence-electron chi connectivity index (χ2n) is 5.22. The van der Waals surface area contributed by atoms with Gasteiger partial charge in [-0.2, -0.15) is 8.75 Å². The number of hydrogen-bond acceptors (Lipinski definition) is 7. The number of pyridine rings is 1. The summed E-state index contributed by atoms with van der Waals surface area (Å²) in [6.45, 7) is 0. The third kappa shape index (κ3) is 2.06. The molecule has 4 aromatic heterocycles. The average Bonchev–Trinajstić information content (AvgIpc) is 3.27. The molecule has 24 heavy (non-hydrogen) atoms. The maximum atomic E-state index is 5.98. The molecule has 0 atom stereocenters. The predicted octanol–water partition coefficient (Wildman–Crippen LogP) is 3.96. The number of fused-ring (bicyclic) bond motifs is 2. The van der Waals surface area contributed by atoms with E-state index in [1.165, 1.54) is 0 Å². The fourth-order valence-corrected chi connectivity index (χ4v) is 3.06. The fraction of sp³-hybridized carbons (Fsp3) is 0. The van der Waals surface area contributed by atoms with Gasteiger partial charge in [0.1, 0.15) is 17.0 Å². The Kier molecular flexibility index (Phi) is 2.86. The van der Waals surface area contributed by atoms with Crippen LogP contribution in [0.25, 0.3) is 45.0 Å². The summed E-state index contributed by atoms with van der Waals surface area (Å²) in [5.74, 6) is 0.658. The lowest BCUT2D eigenvalue weighted by Gasteiger charge is -2.05. The molecule has 0 aliphatic heterocycles. The van der Waals surface area contributed by atoms with Crippen molar-refractivity contribution in [2.24, 2.45) is 0 Å². The van der Waals surface area contributed by atoms with E-state index < -0.39 is 0 Å². The van der Waals surface area contributed by atoms with Crippen LogP contribution in [-0.2, 0) is 0 Å². The normalized spacial score (nSPS) is 11.3. The van der Waals surface area contributed by atoms with E-state index in [0.717, 1.165) is 28.3 Å². The SMILES string of the molecule is c1ccc2oc(-c3nc4nsnc4nc3-c3ccncc3)cc2c1. The van der Waals surface area contributed by atoms with Crippen LogP contribution in [-0.4, -0.2) is 23.7 Å². The van der Waals surface area contributed by atoms with Gasteiger partial charge in [-0.1, -0.05) is 18.2 Å². The Hall–Kier alpha value is -3.19. The zero-order chi connectivity index (χ0) is 15.9. The van der Waals surface area contributed by atoms with E-state index in [2.05, 4.69) is 23.7 Å². The molecular weight excluding hydrogens is 322 g/mol. The monoisotopic (exact) mass is 331 g/mol. The van der Waals surface area contributed by atoms with Gasteiger partial charge in [0, 0.05) is 23.3 Å². The quantitative estimate of drug-likeness (QED) is 0.487. The lowest BCUT2D eigenvalue weighted by molar-refractivity contribution is 0.629. The maximum absolute atomic E-state index is 5.98. The number of nitrogens with zero attached hydrogens (tertiary/aromatic N) is 5. The summed E-state index contributed by atoms with van der Waals surface area (Å²) < 4.78 is 14.4. The van der Waals surface area contributed by atoms with Crippen molar-refractivity contribution in [2.45, 2.75) is 0 Å². The molecule has 7 heteroatoms. The smallest absolute Gasteiger partial charge is 0.213 e. The lowest BCUT2D eigenvalue weighted by Crippen LogP contribution is -1.94. The Labute approximate surface area is 140 Å². The molecule has 0 saturated carbocycles. The molecule has 0 aliphatic carbocycles. The van der Waals surface area contributed by atoms with Crippen molar-refractivity contribution in [3.8, 4) is 22.7 Å². The minimum atomic E-state index is 0.522. The number of hydrogen-bond donors (Lipinski definition) is 0. The maximum Gasteiger partial charge on any atom is 0.213 e. The topological polar surface area (TPSA) is 77.6 Å². The summed E-state index contributed by atoms with van der Waals surface area (Å²) in [7, 11) is 0. The summed E-state index contributed by atoms with van der Waals surface area (Å²) in [4.78, 5) is 13.3. The van der Waals surface area contributed by atoms with Crippen LogP contribution in [0.1, 0.15) is 0 Å². The van der Waals surface area contributed by atoms with Crippen LogP contribution in [0.4, 0.5) is 0 Å². The number of benzene rings is 1. The summed E-state index contributed by atoms with van der Waals surface area (Å²) >= 11 is 1.10. The summed E-state index contributed by atoms with van der Waals surface area (Å²) in [6, 6.07) is 13.6. The highest BCUT2D eigenvalue weighted by molar-refractivity contribution is 6.99. The molecular formula is C17H9N5OS. The van der Waals surface area contributed by atoms with Crippen molar-refractivity contribution < 1.29 is 4.42 Å². The molecule has 0 aliphatic rings. The van der Waals surface area contributed by atoms with Gasteiger partial charge in [0.05, 0.1) is 11.7 Å². The first-order valence-corrected chi connectivity index (χ1v) is 8.01. The van der Waals surface area contributed by atoms with Gasteiger partial charge >= 0.3 is 0 Å². The molecule has 5 aromatic rings. The molecule has 0 fully saturated rings. The molecule has 114 valence electrons. The lowest BCUT2D eigenvalue weighted by atomic mass is 10.1. The Morgan fingerprint density at radius 2 is 1.58 bits per heavy atom. The molecule has 5 rings (SSSR count). The highest BCUT2D eigenvalue weighted by Gasteiger charge is 2.18. The van der Waals surface area contributed by atoms with E-state index in [-0.39, 0.29) is 0 Å². The third-order valence-electron chi connectivity index (χ3n) is 3.73. The van der Waals surface area contributed by atoms with E-state index in [1.807, 2.05) is 42.5 Å². The number of aromatic nitrogens is 5. The summed E-state index contributed by atoms with van der Waals surface area (Å²) in [5.41, 5.74) is 4.13. The van der Waals surface area contributed by atoms with E-state index in [1.54, 1.807) is 12.4 Å². The second kappa shape index (κ2) is 5.17. The van der Waals surface area contributed by atoms with Crippen molar-refractivity contribution in [1.29, 1.82) is 0 Å². The number of para-hydroxylation sites is 1. The van der Waals surface area contributed by atoms with Gasteiger partial charge in [0.2, 0.25) is 11.3 Å². The number of rotatable bonds is 2. The number of furan rings is 1. The first kappa shape index (κ1) is 13.3. The van der Waals surface area contributed by atoms with Crippen molar-refractivity contribution in [3.05, 3.63) is 54.9 Å². The fourth-order valence-electron chi connectivity index (χ4n) is 2.62. The molecule has 0 unspecified atom stereocenters. The van der Waals surface area contributed by atoms with Crippen LogP contribution in [0.2, 0.25) is 0 Å². The molecule has 6 nitrogen and oxygen atoms in total. The Morgan fingerprint density at radius 1 is 0.833 bits per heavy atom. The van der Waals surface area contributed by atoms with E-state index in [9.17, 15) is 0 Å². The van der Waals surface area contributed by atoms with E-state index in [0.29, 0.717) is 28.4 Å². The van der Waals surface area contributed by atoms with Crippen molar-refractivity contribution in [2.75, 3.05) is 0 Å². The van der Waals surface area contributed by atoms with Gasteiger partial charge in [-0.15, -0.1) is 0 Å². The zero-order valence-electron chi connectivity index (χ0n) is 12.2. The molecule has 0 N–H and O–H groups in total. The molecule has 0 amide bonds. The largest absolute Gasteiger partial charge is 0.454 e. The minimum absolute atomic E-state index is 0.522. The molecule has 0 bridgehead atoms. The van der Waals surface area contributed by atoms with Gasteiger partial charge in [-0.3, -0.25) is 4.98 Å². The molecule has 4 heterocycles. The van der Waals surface area contributed by atoms with E-state index >= 15 is 0 Å². The minimum Gasteiger partial charge on any atom is -0.454 e. The Balaban J connectivity index is 1.82. The Morgan fingerprint density at radius 3 is 2.38 bits per heavy atom. The van der Waals surface area contributed by atoms with Crippen LogP contribution in [0.5, 0.6) is 0 Å². The molecule has 0 radical (unpaired) electrons. The molecule has 0 saturated heterocycles. The van der Waals surface area contributed by atoms with Gasteiger partial charge in [0.25, 0.3) is 0 Å². The van der Waals surface area contributed by atoms with Crippen LogP contribution in [0, 0.1) is 0 Å². The predicted molar refractivity (Wildman–Crippen MR) is 91.4 cm³/mol. The van der Waals surface area contributed by atoms with Crippen LogP contribution in [0.15, 0.2) is 59.3 Å². The summed E-state index contributed by atoms with van der Waals surface area (Å²) in [5, 5.41) is 1.02. The zero-order valence-corrected chi connectivity index (χ0v) is 13.1. The standard InChI is InChI=1S/C17H9N5OS/c1-2-4-12-11(3-1)9-13(23-12)15-14(10-5-7-18-8-6-10)19-16-17(20-15)22-24-21-16/h1-9H. The first-order chi connectivity index (χ1) is 11.9. The van der Waals surface area contributed by atoms with Gasteiger partial charge in [-0.05, 0) is 24.3 Å².